The second kappa shape index (κ2) is 7.12. The highest BCUT2D eigenvalue weighted by Gasteiger charge is 2.53. The van der Waals surface area contributed by atoms with Crippen molar-refractivity contribution in [2.75, 3.05) is 25.1 Å². The van der Waals surface area contributed by atoms with Gasteiger partial charge in [-0.3, -0.25) is 14.5 Å². The fourth-order valence-corrected chi connectivity index (χ4v) is 6.42. The topological polar surface area (TPSA) is 104 Å². The lowest BCUT2D eigenvalue weighted by Crippen LogP contribution is -2.47. The van der Waals surface area contributed by atoms with Gasteiger partial charge in [-0.1, -0.05) is 24.3 Å². The third-order valence-corrected chi connectivity index (χ3v) is 8.09. The number of fused-ring (bicyclic) bond motifs is 2. The van der Waals surface area contributed by atoms with Gasteiger partial charge in [0.15, 0.2) is 9.84 Å². The van der Waals surface area contributed by atoms with E-state index >= 15 is 0 Å². The molecule has 1 aromatic carbocycles. The van der Waals surface area contributed by atoms with Gasteiger partial charge in [-0.15, -0.1) is 0 Å². The molecular formula is C20H25N3O5S. The number of hydrogen-bond acceptors (Lipinski definition) is 5. The Bertz CT molecular complexity index is 976. The molecule has 8 nitrogen and oxygen atoms in total. The SMILES string of the molecule is CN(C(=O)CN1C(=O)N[C@]2(CCCCc3ccccc32)C1=O)[C@H]1CCS(=O)(=O)C1. The Morgan fingerprint density at radius 1 is 1.28 bits per heavy atom. The van der Waals surface area contributed by atoms with Gasteiger partial charge >= 0.3 is 6.03 Å². The minimum Gasteiger partial charge on any atom is -0.340 e. The van der Waals surface area contributed by atoms with E-state index in [1.165, 1.54) is 11.9 Å². The van der Waals surface area contributed by atoms with Crippen LogP contribution in [0.15, 0.2) is 24.3 Å². The summed E-state index contributed by atoms with van der Waals surface area (Å²) >= 11 is 0. The average molecular weight is 420 g/mol. The molecule has 2 aliphatic heterocycles. The van der Waals surface area contributed by atoms with E-state index in [2.05, 4.69) is 5.32 Å². The second-order valence-corrected chi connectivity index (χ2v) is 10.4. The summed E-state index contributed by atoms with van der Waals surface area (Å²) in [6.45, 7) is -0.387. The number of aryl methyl sites for hydroxylation is 1. The van der Waals surface area contributed by atoms with Crippen LogP contribution < -0.4 is 5.32 Å². The number of amides is 4. The Labute approximate surface area is 170 Å². The van der Waals surface area contributed by atoms with E-state index in [0.717, 1.165) is 35.3 Å². The molecule has 1 aliphatic carbocycles. The Hall–Kier alpha value is -2.42. The molecule has 29 heavy (non-hydrogen) atoms. The maximum Gasteiger partial charge on any atom is 0.325 e. The zero-order chi connectivity index (χ0) is 20.8. The zero-order valence-electron chi connectivity index (χ0n) is 16.4. The van der Waals surface area contributed by atoms with Crippen molar-refractivity contribution in [2.45, 2.75) is 43.7 Å². The molecule has 2 saturated heterocycles. The third-order valence-electron chi connectivity index (χ3n) is 6.34. The van der Waals surface area contributed by atoms with Gasteiger partial charge in [0.05, 0.1) is 11.5 Å². The molecule has 1 spiro atoms. The lowest BCUT2D eigenvalue weighted by Gasteiger charge is -2.28. The average Bonchev–Trinajstić information content (AvgIpc) is 3.08. The largest absolute Gasteiger partial charge is 0.340 e. The first-order valence-electron chi connectivity index (χ1n) is 9.92. The van der Waals surface area contributed by atoms with Crippen molar-refractivity contribution in [3.8, 4) is 0 Å². The molecule has 156 valence electrons. The summed E-state index contributed by atoms with van der Waals surface area (Å²) in [5.41, 5.74) is 0.723. The van der Waals surface area contributed by atoms with Crippen molar-refractivity contribution < 1.29 is 22.8 Å². The molecule has 4 rings (SSSR count). The smallest absolute Gasteiger partial charge is 0.325 e. The summed E-state index contributed by atoms with van der Waals surface area (Å²) in [5.74, 6) is -0.863. The fourth-order valence-electron chi connectivity index (χ4n) is 4.65. The number of nitrogens with zero attached hydrogens (tertiary/aromatic N) is 2. The molecule has 0 aromatic heterocycles. The van der Waals surface area contributed by atoms with Crippen molar-refractivity contribution in [3.05, 3.63) is 35.4 Å². The summed E-state index contributed by atoms with van der Waals surface area (Å²) < 4.78 is 23.4. The summed E-state index contributed by atoms with van der Waals surface area (Å²) in [4.78, 5) is 41.1. The van der Waals surface area contributed by atoms with Crippen LogP contribution in [0.2, 0.25) is 0 Å². The van der Waals surface area contributed by atoms with Crippen LogP contribution >= 0.6 is 0 Å². The van der Waals surface area contributed by atoms with Crippen molar-refractivity contribution in [1.82, 2.24) is 15.1 Å². The number of sulfone groups is 1. The van der Waals surface area contributed by atoms with Crippen LogP contribution in [0.1, 0.15) is 36.8 Å². The van der Waals surface area contributed by atoms with Gasteiger partial charge in [-0.25, -0.2) is 13.2 Å². The van der Waals surface area contributed by atoms with Gasteiger partial charge in [0.1, 0.15) is 12.1 Å². The molecule has 4 amide bonds. The number of urea groups is 1. The monoisotopic (exact) mass is 419 g/mol. The molecule has 0 bridgehead atoms. The zero-order valence-corrected chi connectivity index (χ0v) is 17.2. The predicted molar refractivity (Wildman–Crippen MR) is 106 cm³/mol. The fraction of sp³-hybridized carbons (Fsp3) is 0.550. The summed E-state index contributed by atoms with van der Waals surface area (Å²) in [6, 6.07) is 6.63. The van der Waals surface area contributed by atoms with E-state index < -0.39 is 39.3 Å². The number of rotatable bonds is 3. The number of carbonyl (C=O) groups excluding carboxylic acids is 3. The number of likely N-dealkylation sites (N-methyl/N-ethyl adjacent to an activating group) is 1. The molecule has 0 saturated carbocycles. The van der Waals surface area contributed by atoms with Gasteiger partial charge < -0.3 is 10.2 Å². The van der Waals surface area contributed by atoms with Gasteiger partial charge in [-0.2, -0.15) is 0 Å². The van der Waals surface area contributed by atoms with Crippen molar-refractivity contribution in [2.24, 2.45) is 0 Å². The number of hydrogen-bond donors (Lipinski definition) is 1. The van der Waals surface area contributed by atoms with E-state index in [-0.39, 0.29) is 18.1 Å². The van der Waals surface area contributed by atoms with E-state index in [1.807, 2.05) is 24.3 Å². The second-order valence-electron chi connectivity index (χ2n) is 8.15. The summed E-state index contributed by atoms with van der Waals surface area (Å²) in [7, 11) is -1.61. The number of imide groups is 1. The Morgan fingerprint density at radius 2 is 2.03 bits per heavy atom. The highest BCUT2D eigenvalue weighted by molar-refractivity contribution is 7.91. The van der Waals surface area contributed by atoms with Crippen LogP contribution in [0.3, 0.4) is 0 Å². The summed E-state index contributed by atoms with van der Waals surface area (Å²) in [5, 5.41) is 2.86. The highest BCUT2D eigenvalue weighted by atomic mass is 32.2. The third kappa shape index (κ3) is 3.41. The maximum absolute atomic E-state index is 13.4. The summed E-state index contributed by atoms with van der Waals surface area (Å²) in [6.07, 6.45) is 3.44. The minimum atomic E-state index is -3.14. The molecule has 2 heterocycles. The van der Waals surface area contributed by atoms with Gasteiger partial charge in [0.25, 0.3) is 5.91 Å². The number of carbonyl (C=O) groups is 3. The normalized spacial score (nSPS) is 28.2. The van der Waals surface area contributed by atoms with Crippen molar-refractivity contribution >= 4 is 27.7 Å². The van der Waals surface area contributed by atoms with Crippen molar-refractivity contribution in [1.29, 1.82) is 0 Å². The lowest BCUT2D eigenvalue weighted by atomic mass is 9.84. The predicted octanol–water partition coefficient (Wildman–Crippen LogP) is 0.806. The standard InChI is InChI=1S/C20H25N3O5S/c1-22(15-9-11-29(27,28)13-15)17(24)12-23-18(25)20(21-19(23)26)10-5-4-7-14-6-2-3-8-16(14)20/h2-3,6,8,15H,4-5,7,9-13H2,1H3,(H,21,26)/t15-,20-/m0/s1. The first kappa shape index (κ1) is 19.9. The maximum atomic E-state index is 13.4. The molecular weight excluding hydrogens is 394 g/mol. The van der Waals surface area contributed by atoms with Crippen LogP contribution in [0, 0.1) is 0 Å². The van der Waals surface area contributed by atoms with E-state index in [0.29, 0.717) is 12.8 Å². The van der Waals surface area contributed by atoms with E-state index in [1.54, 1.807) is 0 Å². The Balaban J connectivity index is 1.56. The van der Waals surface area contributed by atoms with Crippen LogP contribution in [0.5, 0.6) is 0 Å². The Kier molecular flexibility index (Phi) is 4.88. The van der Waals surface area contributed by atoms with E-state index in [4.69, 9.17) is 0 Å². The minimum absolute atomic E-state index is 0.0539. The quantitative estimate of drug-likeness (QED) is 0.730. The molecule has 0 radical (unpaired) electrons. The van der Waals surface area contributed by atoms with Gasteiger partial charge in [-0.05, 0) is 43.2 Å². The van der Waals surface area contributed by atoms with Crippen LogP contribution in [0.25, 0.3) is 0 Å². The number of nitrogens with one attached hydrogen (secondary N) is 1. The Morgan fingerprint density at radius 3 is 2.76 bits per heavy atom. The van der Waals surface area contributed by atoms with Gasteiger partial charge in [0, 0.05) is 13.1 Å². The molecule has 2 fully saturated rings. The van der Waals surface area contributed by atoms with Crippen LogP contribution in [0.4, 0.5) is 4.79 Å². The molecule has 2 atom stereocenters. The molecule has 3 aliphatic rings. The molecule has 1 N–H and O–H groups in total. The molecule has 9 heteroatoms. The van der Waals surface area contributed by atoms with Crippen LogP contribution in [-0.4, -0.2) is 67.2 Å². The molecule has 0 unspecified atom stereocenters. The van der Waals surface area contributed by atoms with Gasteiger partial charge in [0.2, 0.25) is 5.91 Å². The first-order chi connectivity index (χ1) is 13.7. The highest BCUT2D eigenvalue weighted by Crippen LogP contribution is 2.39. The number of benzene rings is 1. The lowest BCUT2D eigenvalue weighted by molar-refractivity contribution is -0.139. The molecule has 1 aromatic rings. The first-order valence-corrected chi connectivity index (χ1v) is 11.7. The van der Waals surface area contributed by atoms with E-state index in [9.17, 15) is 22.8 Å². The van der Waals surface area contributed by atoms with Crippen LogP contribution in [-0.2, 0) is 31.4 Å². The van der Waals surface area contributed by atoms with Crippen molar-refractivity contribution in [3.63, 3.8) is 0 Å².